The molecular weight excluding hydrogens is 316 g/mol. The Labute approximate surface area is 127 Å². The zero-order valence-corrected chi connectivity index (χ0v) is 12.9. The molecule has 3 nitrogen and oxygen atoms in total. The number of hydrogen-bond donors (Lipinski definition) is 2. The first-order chi connectivity index (χ1) is 9.65. The molecular formula is C16H17BrN2O. The van der Waals surface area contributed by atoms with Crippen LogP contribution in [0.2, 0.25) is 0 Å². The molecule has 2 rings (SSSR count). The molecule has 0 spiro atoms. The molecule has 20 heavy (non-hydrogen) atoms. The largest absolute Gasteiger partial charge is 0.376 e. The second-order valence-electron chi connectivity index (χ2n) is 4.56. The average Bonchev–Trinajstić information content (AvgIpc) is 2.46. The number of amides is 1. The number of hydrogen-bond acceptors (Lipinski definition) is 2. The van der Waals surface area contributed by atoms with E-state index in [1.54, 1.807) is 0 Å². The first-order valence-electron chi connectivity index (χ1n) is 6.49. The summed E-state index contributed by atoms with van der Waals surface area (Å²) in [6.07, 6.45) is 0. The van der Waals surface area contributed by atoms with Crippen LogP contribution in [-0.4, -0.2) is 12.5 Å². The number of carbonyl (C=O) groups is 1. The summed E-state index contributed by atoms with van der Waals surface area (Å²) in [5, 5.41) is 6.07. The summed E-state index contributed by atoms with van der Waals surface area (Å²) in [6.45, 7) is 2.24. The summed E-state index contributed by atoms with van der Waals surface area (Å²) in [5.74, 6) is -0.0265. The van der Waals surface area contributed by atoms with Gasteiger partial charge in [0.1, 0.15) is 0 Å². The van der Waals surface area contributed by atoms with Crippen LogP contribution in [0.15, 0.2) is 59.1 Å². The van der Waals surface area contributed by atoms with E-state index in [2.05, 4.69) is 26.6 Å². The van der Waals surface area contributed by atoms with Gasteiger partial charge in [-0.3, -0.25) is 4.79 Å². The number of benzene rings is 2. The van der Waals surface area contributed by atoms with Gasteiger partial charge >= 0.3 is 0 Å². The van der Waals surface area contributed by atoms with Crippen LogP contribution in [0.1, 0.15) is 18.5 Å². The third kappa shape index (κ3) is 4.38. The molecule has 0 aromatic heterocycles. The van der Waals surface area contributed by atoms with Crippen molar-refractivity contribution in [2.24, 2.45) is 0 Å². The summed E-state index contributed by atoms with van der Waals surface area (Å²) in [5.41, 5.74) is 2.02. The second kappa shape index (κ2) is 7.10. The second-order valence-corrected chi connectivity index (χ2v) is 5.48. The Kier molecular flexibility index (Phi) is 5.18. The summed E-state index contributed by atoms with van der Waals surface area (Å²) in [6, 6.07) is 17.7. The van der Waals surface area contributed by atoms with Gasteiger partial charge in [0, 0.05) is 10.2 Å². The monoisotopic (exact) mass is 332 g/mol. The lowest BCUT2D eigenvalue weighted by atomic mass is 10.1. The number of nitrogens with one attached hydrogen (secondary N) is 2. The third-order valence-electron chi connectivity index (χ3n) is 2.95. The highest BCUT2D eigenvalue weighted by Gasteiger charge is 2.08. The minimum absolute atomic E-state index is 0.00742. The molecule has 0 aliphatic carbocycles. The maximum absolute atomic E-state index is 11.9. The molecule has 2 N–H and O–H groups in total. The maximum Gasteiger partial charge on any atom is 0.239 e. The Hall–Kier alpha value is -1.81. The van der Waals surface area contributed by atoms with Crippen molar-refractivity contribution in [2.75, 3.05) is 11.9 Å². The first kappa shape index (κ1) is 14.6. The standard InChI is InChI=1S/C16H17BrN2O/c1-12(13-6-3-2-4-7-13)19-16(20)11-18-15-9-5-8-14(17)10-15/h2-10,12,18H,11H2,1H3,(H,19,20)/t12-/m1/s1. The maximum atomic E-state index is 11.9. The van der Waals surface area contributed by atoms with Crippen LogP contribution in [0.4, 0.5) is 5.69 Å². The lowest BCUT2D eigenvalue weighted by Crippen LogP contribution is -2.32. The highest BCUT2D eigenvalue weighted by atomic mass is 79.9. The van der Waals surface area contributed by atoms with Crippen molar-refractivity contribution in [1.82, 2.24) is 5.32 Å². The van der Waals surface area contributed by atoms with Crippen LogP contribution < -0.4 is 10.6 Å². The number of anilines is 1. The van der Waals surface area contributed by atoms with Gasteiger partial charge in [-0.2, -0.15) is 0 Å². The van der Waals surface area contributed by atoms with Gasteiger partial charge in [0.05, 0.1) is 12.6 Å². The molecule has 1 atom stereocenters. The zero-order valence-electron chi connectivity index (χ0n) is 11.3. The normalized spacial score (nSPS) is 11.7. The van der Waals surface area contributed by atoms with E-state index in [-0.39, 0.29) is 18.5 Å². The topological polar surface area (TPSA) is 41.1 Å². The Morgan fingerprint density at radius 2 is 1.90 bits per heavy atom. The van der Waals surface area contributed by atoms with Crippen molar-refractivity contribution in [3.63, 3.8) is 0 Å². The van der Waals surface area contributed by atoms with Crippen LogP contribution >= 0.6 is 15.9 Å². The van der Waals surface area contributed by atoms with Gasteiger partial charge in [-0.25, -0.2) is 0 Å². The van der Waals surface area contributed by atoms with Crippen molar-refractivity contribution in [3.05, 3.63) is 64.6 Å². The van der Waals surface area contributed by atoms with Crippen molar-refractivity contribution in [2.45, 2.75) is 13.0 Å². The van der Waals surface area contributed by atoms with Gasteiger partial charge in [-0.15, -0.1) is 0 Å². The van der Waals surface area contributed by atoms with Gasteiger partial charge in [0.2, 0.25) is 5.91 Å². The van der Waals surface area contributed by atoms with E-state index in [0.717, 1.165) is 15.7 Å². The summed E-state index contributed by atoms with van der Waals surface area (Å²) in [4.78, 5) is 11.9. The fourth-order valence-corrected chi connectivity index (χ4v) is 2.30. The average molecular weight is 333 g/mol. The molecule has 0 saturated carbocycles. The number of carbonyl (C=O) groups excluding carboxylic acids is 1. The molecule has 1 amide bonds. The number of halogens is 1. The predicted molar refractivity (Wildman–Crippen MR) is 85.6 cm³/mol. The van der Waals surface area contributed by atoms with E-state index >= 15 is 0 Å². The van der Waals surface area contributed by atoms with E-state index in [9.17, 15) is 4.79 Å². The zero-order chi connectivity index (χ0) is 14.4. The smallest absolute Gasteiger partial charge is 0.239 e. The lowest BCUT2D eigenvalue weighted by molar-refractivity contribution is -0.120. The van der Waals surface area contributed by atoms with E-state index in [4.69, 9.17) is 0 Å². The molecule has 0 aliphatic heterocycles. The van der Waals surface area contributed by atoms with E-state index in [1.807, 2.05) is 61.5 Å². The van der Waals surface area contributed by atoms with Crippen LogP contribution in [0, 0.1) is 0 Å². The molecule has 104 valence electrons. The van der Waals surface area contributed by atoms with Crippen LogP contribution in [-0.2, 0) is 4.79 Å². The predicted octanol–water partition coefficient (Wildman–Crippen LogP) is 3.74. The Morgan fingerprint density at radius 3 is 2.60 bits per heavy atom. The SMILES string of the molecule is C[C@@H](NC(=O)CNc1cccc(Br)c1)c1ccccc1. The molecule has 0 saturated heterocycles. The fourth-order valence-electron chi connectivity index (χ4n) is 1.90. The summed E-state index contributed by atoms with van der Waals surface area (Å²) >= 11 is 3.40. The van der Waals surface area contributed by atoms with Gasteiger partial charge in [0.15, 0.2) is 0 Å². The first-order valence-corrected chi connectivity index (χ1v) is 7.28. The molecule has 4 heteroatoms. The van der Waals surface area contributed by atoms with Crippen molar-refractivity contribution in [3.8, 4) is 0 Å². The summed E-state index contributed by atoms with van der Waals surface area (Å²) < 4.78 is 0.987. The molecule has 0 unspecified atom stereocenters. The quantitative estimate of drug-likeness (QED) is 0.875. The van der Waals surface area contributed by atoms with E-state index < -0.39 is 0 Å². The lowest BCUT2D eigenvalue weighted by Gasteiger charge is -2.15. The molecule has 0 bridgehead atoms. The van der Waals surface area contributed by atoms with Crippen molar-refractivity contribution < 1.29 is 4.79 Å². The number of rotatable bonds is 5. The van der Waals surface area contributed by atoms with E-state index in [0.29, 0.717) is 0 Å². The van der Waals surface area contributed by atoms with Crippen LogP contribution in [0.5, 0.6) is 0 Å². The van der Waals surface area contributed by atoms with Gasteiger partial charge in [-0.1, -0.05) is 52.3 Å². The van der Waals surface area contributed by atoms with Gasteiger partial charge in [-0.05, 0) is 30.7 Å². The summed E-state index contributed by atoms with van der Waals surface area (Å²) in [7, 11) is 0. The Bertz CT molecular complexity index is 572. The molecule has 0 heterocycles. The minimum Gasteiger partial charge on any atom is -0.376 e. The van der Waals surface area contributed by atoms with Gasteiger partial charge in [0.25, 0.3) is 0 Å². The van der Waals surface area contributed by atoms with Crippen molar-refractivity contribution in [1.29, 1.82) is 0 Å². The molecule has 0 fully saturated rings. The molecule has 0 aliphatic rings. The van der Waals surface area contributed by atoms with Gasteiger partial charge < -0.3 is 10.6 Å². The van der Waals surface area contributed by atoms with Crippen LogP contribution in [0.25, 0.3) is 0 Å². The molecule has 0 radical (unpaired) electrons. The van der Waals surface area contributed by atoms with Crippen LogP contribution in [0.3, 0.4) is 0 Å². The van der Waals surface area contributed by atoms with Crippen molar-refractivity contribution >= 4 is 27.5 Å². The van der Waals surface area contributed by atoms with E-state index in [1.165, 1.54) is 0 Å². The highest BCUT2D eigenvalue weighted by Crippen LogP contribution is 2.15. The minimum atomic E-state index is -0.0265. The third-order valence-corrected chi connectivity index (χ3v) is 3.45. The molecule has 2 aromatic carbocycles. The Morgan fingerprint density at radius 1 is 1.15 bits per heavy atom. The Balaban J connectivity index is 1.84. The molecule has 2 aromatic rings. The fraction of sp³-hybridized carbons (Fsp3) is 0.188. The highest BCUT2D eigenvalue weighted by molar-refractivity contribution is 9.10.